The molecule has 0 aliphatic rings. The summed E-state index contributed by atoms with van der Waals surface area (Å²) in [5.74, 6) is 0. The normalized spacial score (nSPS) is 8.29. The predicted octanol–water partition coefficient (Wildman–Crippen LogP) is -0.231. The van der Waals surface area contributed by atoms with Crippen molar-refractivity contribution in [1.82, 2.24) is 0 Å². The van der Waals surface area contributed by atoms with E-state index in [0.717, 1.165) is 0 Å². The van der Waals surface area contributed by atoms with Gasteiger partial charge in [-0.3, -0.25) is 9.11 Å². The first-order chi connectivity index (χ1) is 2.00. The molecule has 0 aromatic rings. The van der Waals surface area contributed by atoms with Gasteiger partial charge in [0.2, 0.25) is 0 Å². The molecule has 4 nitrogen and oxygen atoms in total. The largest absolute Gasteiger partial charge is 2.00 e. The first-order valence-corrected chi connectivity index (χ1v) is 2.10. The maximum Gasteiger partial charge on any atom is 2.00 e. The molecule has 0 saturated heterocycles. The smallest absolute Gasteiger partial charge is 1.00 e. The van der Waals surface area contributed by atoms with E-state index in [0.29, 0.717) is 0 Å². The Labute approximate surface area is 70.8 Å². The van der Waals surface area contributed by atoms with E-state index >= 15 is 0 Å². The molecule has 0 aliphatic carbocycles. The Hall–Kier alpha value is 1.12. The molecule has 0 radical (unpaired) electrons. The molecule has 0 atom stereocenters. The van der Waals surface area contributed by atoms with Crippen molar-refractivity contribution in [2.75, 3.05) is 0 Å². The molecule has 0 rings (SSSR count). The summed E-state index contributed by atoms with van der Waals surface area (Å²) in [6, 6.07) is 0. The van der Waals surface area contributed by atoms with Crippen LogP contribution in [0.1, 0.15) is 2.85 Å². The van der Waals surface area contributed by atoms with E-state index in [1.165, 1.54) is 0 Å². The fourth-order valence-electron chi connectivity index (χ4n) is 0. The summed E-state index contributed by atoms with van der Waals surface area (Å²) in [6.07, 6.45) is 0. The van der Waals surface area contributed by atoms with Crippen molar-refractivity contribution >= 4 is 50.4 Å². The van der Waals surface area contributed by atoms with Gasteiger partial charge in [0.15, 0.2) is 0 Å². The van der Waals surface area contributed by atoms with Crippen molar-refractivity contribution in [3.8, 4) is 0 Å². The van der Waals surface area contributed by atoms with Gasteiger partial charge in [-0.1, -0.05) is 0 Å². The molecule has 0 bridgehead atoms. The van der Waals surface area contributed by atoms with E-state index in [9.17, 15) is 0 Å². The van der Waals surface area contributed by atoms with Crippen LogP contribution in [-0.2, 0) is 10.4 Å². The monoisotopic (exact) mass is 204 g/mol. The summed E-state index contributed by atoms with van der Waals surface area (Å²) in [5, 5.41) is 0. The molecule has 0 amide bonds. The van der Waals surface area contributed by atoms with E-state index in [1.807, 2.05) is 0 Å². The molecular formula is H5BrMgO4S. The van der Waals surface area contributed by atoms with Crippen LogP contribution in [0.25, 0.3) is 0 Å². The van der Waals surface area contributed by atoms with Gasteiger partial charge in [-0.05, 0) is 0 Å². The van der Waals surface area contributed by atoms with Crippen LogP contribution in [0, 0.1) is 0 Å². The molecule has 0 unspecified atom stereocenters. The Morgan fingerprint density at radius 1 is 1.29 bits per heavy atom. The van der Waals surface area contributed by atoms with E-state index in [1.54, 1.807) is 0 Å². The first kappa shape index (κ1) is 15.7. The van der Waals surface area contributed by atoms with Gasteiger partial charge in [-0.2, -0.15) is 8.42 Å². The molecule has 44 valence electrons. The second-order valence-electron chi connectivity index (χ2n) is 0.448. The minimum Gasteiger partial charge on any atom is -1.00 e. The molecule has 0 aromatic carbocycles. The fraction of sp³-hybridized carbons (Fsp3) is 0. The van der Waals surface area contributed by atoms with Crippen LogP contribution in [-0.4, -0.2) is 40.6 Å². The third-order valence-electron chi connectivity index (χ3n) is 0. The molecule has 0 aliphatic heterocycles. The molecule has 0 saturated carbocycles. The SMILES string of the molecule is Br.O=S(=O)(O)O.[H-].[H-].[Mg+2]. The van der Waals surface area contributed by atoms with Gasteiger partial charge < -0.3 is 2.85 Å². The average Bonchev–Trinajstić information content (AvgIpc) is 0.722. The summed E-state index contributed by atoms with van der Waals surface area (Å²) in [5.41, 5.74) is 0. The van der Waals surface area contributed by atoms with Gasteiger partial charge in [-0.25, -0.2) is 0 Å². The Morgan fingerprint density at radius 2 is 1.29 bits per heavy atom. The third kappa shape index (κ3) is 149. The molecule has 2 N–H and O–H groups in total. The van der Waals surface area contributed by atoms with Gasteiger partial charge in [-0.15, -0.1) is 17.0 Å². The Balaban J connectivity index is -0.0000000133. The second-order valence-corrected chi connectivity index (χ2v) is 1.34. The number of halogens is 1. The van der Waals surface area contributed by atoms with E-state index in [4.69, 9.17) is 17.5 Å². The second kappa shape index (κ2) is 5.26. The molecule has 0 fully saturated rings. The summed E-state index contributed by atoms with van der Waals surface area (Å²) >= 11 is 0. The predicted molar refractivity (Wildman–Crippen MR) is 32.5 cm³/mol. The number of hydrogen-bond donors (Lipinski definition) is 2. The standard InChI is InChI=1S/BrH.Mg.H2O4S.2H/c;;1-5(2,3)4;;/h1H;;(H2,1,2,3,4);;/q;+2;;2*-1. The Bertz CT molecular complexity index is 102. The van der Waals surface area contributed by atoms with Crippen molar-refractivity contribution in [1.29, 1.82) is 0 Å². The molecule has 7 heavy (non-hydrogen) atoms. The summed E-state index contributed by atoms with van der Waals surface area (Å²) < 4.78 is 31.6. The quantitative estimate of drug-likeness (QED) is 0.423. The van der Waals surface area contributed by atoms with Crippen LogP contribution < -0.4 is 0 Å². The Kier molecular flexibility index (Phi) is 11.8. The van der Waals surface area contributed by atoms with Crippen LogP contribution in [0.15, 0.2) is 0 Å². The van der Waals surface area contributed by atoms with Crippen molar-refractivity contribution in [2.45, 2.75) is 0 Å². The summed E-state index contributed by atoms with van der Waals surface area (Å²) in [7, 11) is -4.67. The molecule has 7 heteroatoms. The van der Waals surface area contributed by atoms with Crippen molar-refractivity contribution in [2.24, 2.45) is 0 Å². The molecule has 0 aromatic heterocycles. The minimum atomic E-state index is -4.67. The first-order valence-electron chi connectivity index (χ1n) is 0.698. The van der Waals surface area contributed by atoms with Gasteiger partial charge >= 0.3 is 33.5 Å². The molecule has 0 heterocycles. The van der Waals surface area contributed by atoms with E-state index in [-0.39, 0.29) is 42.9 Å². The number of rotatable bonds is 0. The third-order valence-corrected chi connectivity index (χ3v) is 0. The van der Waals surface area contributed by atoms with Crippen molar-refractivity contribution in [3.63, 3.8) is 0 Å². The van der Waals surface area contributed by atoms with Crippen LogP contribution in [0.4, 0.5) is 0 Å². The topological polar surface area (TPSA) is 74.6 Å². The van der Waals surface area contributed by atoms with Crippen LogP contribution in [0.2, 0.25) is 0 Å². The summed E-state index contributed by atoms with van der Waals surface area (Å²) in [4.78, 5) is 0. The van der Waals surface area contributed by atoms with Crippen molar-refractivity contribution < 1.29 is 20.4 Å². The zero-order chi connectivity index (χ0) is 4.50. The van der Waals surface area contributed by atoms with Crippen LogP contribution >= 0.6 is 17.0 Å². The zero-order valence-electron chi connectivity index (χ0n) is 5.23. The van der Waals surface area contributed by atoms with E-state index in [2.05, 4.69) is 0 Å². The minimum absolute atomic E-state index is 0. The summed E-state index contributed by atoms with van der Waals surface area (Å²) in [6.45, 7) is 0. The fourth-order valence-corrected chi connectivity index (χ4v) is 0. The molecule has 0 spiro atoms. The van der Waals surface area contributed by atoms with Gasteiger partial charge in [0, 0.05) is 0 Å². The maximum atomic E-state index is 8.74. The van der Waals surface area contributed by atoms with E-state index < -0.39 is 10.4 Å². The zero-order valence-corrected chi connectivity index (χ0v) is 7.18. The Morgan fingerprint density at radius 3 is 1.29 bits per heavy atom. The average molecular weight is 205 g/mol. The molecular weight excluding hydrogens is 200 g/mol. The van der Waals surface area contributed by atoms with Gasteiger partial charge in [0.25, 0.3) is 0 Å². The van der Waals surface area contributed by atoms with Gasteiger partial charge in [0.05, 0.1) is 0 Å². The van der Waals surface area contributed by atoms with Crippen molar-refractivity contribution in [3.05, 3.63) is 0 Å². The van der Waals surface area contributed by atoms with Crippen LogP contribution in [0.3, 0.4) is 0 Å². The number of hydrogen-bond acceptors (Lipinski definition) is 2. The van der Waals surface area contributed by atoms with Gasteiger partial charge in [0.1, 0.15) is 0 Å². The maximum absolute atomic E-state index is 8.74. The van der Waals surface area contributed by atoms with Crippen LogP contribution in [0.5, 0.6) is 0 Å².